The Hall–Kier alpha value is -2.21. The number of aromatic nitrogens is 3. The van der Waals surface area contributed by atoms with E-state index in [9.17, 15) is 0 Å². The monoisotopic (exact) mass is 285 g/mol. The van der Waals surface area contributed by atoms with Crippen LogP contribution in [0.2, 0.25) is 0 Å². The summed E-state index contributed by atoms with van der Waals surface area (Å²) in [4.78, 5) is 12.9. The molecule has 0 aliphatic rings. The van der Waals surface area contributed by atoms with Gasteiger partial charge in [-0.05, 0) is 30.7 Å². The maximum atomic E-state index is 4.43. The first kappa shape index (κ1) is 12.8. The van der Waals surface area contributed by atoms with Crippen LogP contribution in [-0.2, 0) is 0 Å². The van der Waals surface area contributed by atoms with Gasteiger partial charge in [0.25, 0.3) is 0 Å². The summed E-state index contributed by atoms with van der Waals surface area (Å²) in [6.07, 6.45) is 2.79. The van der Waals surface area contributed by atoms with Crippen LogP contribution in [0.15, 0.2) is 36.0 Å². The van der Waals surface area contributed by atoms with Crippen molar-refractivity contribution < 1.29 is 0 Å². The number of thiazole rings is 1. The average molecular weight is 285 g/mol. The van der Waals surface area contributed by atoms with Crippen LogP contribution >= 0.6 is 11.3 Å². The Morgan fingerprint density at radius 1 is 1.20 bits per heavy atom. The van der Waals surface area contributed by atoms with E-state index in [1.165, 1.54) is 0 Å². The lowest BCUT2D eigenvalue weighted by Gasteiger charge is -2.07. The number of hydrogen-bond acceptors (Lipinski definition) is 6. The molecule has 5 nitrogen and oxygen atoms in total. The van der Waals surface area contributed by atoms with Crippen LogP contribution < -0.4 is 10.6 Å². The van der Waals surface area contributed by atoms with Gasteiger partial charge < -0.3 is 10.6 Å². The molecule has 0 radical (unpaired) electrons. The summed E-state index contributed by atoms with van der Waals surface area (Å²) in [7, 11) is 0. The first-order valence-corrected chi connectivity index (χ1v) is 7.40. The Labute approximate surface area is 121 Å². The van der Waals surface area contributed by atoms with Crippen LogP contribution in [0.3, 0.4) is 0 Å². The first-order chi connectivity index (χ1) is 9.85. The van der Waals surface area contributed by atoms with Crippen molar-refractivity contribution in [3.05, 3.63) is 36.0 Å². The molecule has 0 bridgehead atoms. The highest BCUT2D eigenvalue weighted by Gasteiger charge is 2.02. The summed E-state index contributed by atoms with van der Waals surface area (Å²) >= 11 is 1.63. The third kappa shape index (κ3) is 2.85. The van der Waals surface area contributed by atoms with Gasteiger partial charge in [0.15, 0.2) is 0 Å². The molecule has 6 heteroatoms. The van der Waals surface area contributed by atoms with Crippen LogP contribution in [0, 0.1) is 0 Å². The zero-order valence-corrected chi connectivity index (χ0v) is 11.9. The second-order valence-corrected chi connectivity index (χ2v) is 5.24. The molecule has 2 aromatic heterocycles. The van der Waals surface area contributed by atoms with Crippen molar-refractivity contribution >= 4 is 39.0 Å². The van der Waals surface area contributed by atoms with Gasteiger partial charge in [-0.3, -0.25) is 0 Å². The fourth-order valence-corrected chi connectivity index (χ4v) is 2.55. The largest absolute Gasteiger partial charge is 0.354 e. The summed E-state index contributed by atoms with van der Waals surface area (Å²) in [6.45, 7) is 2.98. The lowest BCUT2D eigenvalue weighted by Crippen LogP contribution is -2.05. The zero-order valence-electron chi connectivity index (χ0n) is 11.1. The summed E-state index contributed by atoms with van der Waals surface area (Å²) in [5.74, 6) is 1.43. The fraction of sp³-hybridized carbons (Fsp3) is 0.214. The van der Waals surface area contributed by atoms with Crippen LogP contribution in [0.1, 0.15) is 13.3 Å². The fourth-order valence-electron chi connectivity index (χ4n) is 1.83. The summed E-state index contributed by atoms with van der Waals surface area (Å²) in [5, 5.41) is 6.47. The van der Waals surface area contributed by atoms with Gasteiger partial charge in [0.2, 0.25) is 5.95 Å². The summed E-state index contributed by atoms with van der Waals surface area (Å²) in [5.41, 5.74) is 3.88. The van der Waals surface area contributed by atoms with E-state index in [0.29, 0.717) is 5.95 Å². The molecule has 0 aliphatic carbocycles. The maximum Gasteiger partial charge on any atom is 0.224 e. The average Bonchev–Trinajstić information content (AvgIpc) is 2.93. The number of benzene rings is 1. The highest BCUT2D eigenvalue weighted by Crippen LogP contribution is 2.23. The quantitative estimate of drug-likeness (QED) is 0.749. The highest BCUT2D eigenvalue weighted by molar-refractivity contribution is 7.16. The van der Waals surface area contributed by atoms with E-state index in [0.717, 1.165) is 34.7 Å². The number of fused-ring (bicyclic) bond motifs is 1. The number of anilines is 3. The van der Waals surface area contributed by atoms with Crippen molar-refractivity contribution in [3.8, 4) is 0 Å². The molecular formula is C14H15N5S. The minimum absolute atomic E-state index is 0.649. The Balaban J connectivity index is 1.79. The van der Waals surface area contributed by atoms with Gasteiger partial charge in [0.05, 0.1) is 15.7 Å². The molecule has 1 aromatic carbocycles. The highest BCUT2D eigenvalue weighted by atomic mass is 32.1. The number of nitrogens with zero attached hydrogens (tertiary/aromatic N) is 3. The van der Waals surface area contributed by atoms with E-state index in [-0.39, 0.29) is 0 Å². The van der Waals surface area contributed by atoms with E-state index >= 15 is 0 Å². The van der Waals surface area contributed by atoms with E-state index < -0.39 is 0 Å². The van der Waals surface area contributed by atoms with Gasteiger partial charge >= 0.3 is 0 Å². The van der Waals surface area contributed by atoms with Gasteiger partial charge in [-0.2, -0.15) is 4.98 Å². The Morgan fingerprint density at radius 2 is 2.15 bits per heavy atom. The zero-order chi connectivity index (χ0) is 13.8. The molecule has 0 aliphatic heterocycles. The molecule has 102 valence electrons. The van der Waals surface area contributed by atoms with E-state index in [1.807, 2.05) is 23.7 Å². The van der Waals surface area contributed by atoms with Gasteiger partial charge in [0.1, 0.15) is 5.82 Å². The predicted molar refractivity (Wildman–Crippen MR) is 83.7 cm³/mol. The smallest absolute Gasteiger partial charge is 0.224 e. The molecule has 20 heavy (non-hydrogen) atoms. The molecule has 3 rings (SSSR count). The number of hydrogen-bond donors (Lipinski definition) is 2. The molecule has 0 atom stereocenters. The van der Waals surface area contributed by atoms with E-state index in [1.54, 1.807) is 17.5 Å². The predicted octanol–water partition coefficient (Wildman–Crippen LogP) is 3.65. The summed E-state index contributed by atoms with van der Waals surface area (Å²) < 4.78 is 1.16. The third-order valence-corrected chi connectivity index (χ3v) is 3.58. The number of nitrogens with one attached hydrogen (secondary N) is 2. The molecule has 0 saturated carbocycles. The molecule has 0 saturated heterocycles. The van der Waals surface area contributed by atoms with Crippen molar-refractivity contribution in [1.29, 1.82) is 0 Å². The molecule has 0 fully saturated rings. The third-order valence-electron chi connectivity index (χ3n) is 2.79. The van der Waals surface area contributed by atoms with Crippen LogP contribution in [0.5, 0.6) is 0 Å². The Kier molecular flexibility index (Phi) is 3.73. The minimum atomic E-state index is 0.649. The van der Waals surface area contributed by atoms with E-state index in [4.69, 9.17) is 0 Å². The lowest BCUT2D eigenvalue weighted by molar-refractivity contribution is 0.953. The normalized spacial score (nSPS) is 10.7. The van der Waals surface area contributed by atoms with Crippen molar-refractivity contribution in [2.75, 3.05) is 17.2 Å². The topological polar surface area (TPSA) is 62.7 Å². The maximum absolute atomic E-state index is 4.43. The van der Waals surface area contributed by atoms with Crippen molar-refractivity contribution in [1.82, 2.24) is 15.0 Å². The lowest BCUT2D eigenvalue weighted by atomic mass is 10.3. The molecule has 0 amide bonds. The molecular weight excluding hydrogens is 270 g/mol. The SMILES string of the molecule is CCCNc1nccc(Nc2ccc3ncsc3c2)n1. The van der Waals surface area contributed by atoms with Crippen molar-refractivity contribution in [3.63, 3.8) is 0 Å². The standard InChI is InChI=1S/C14H15N5S/c1-2-6-15-14-16-7-5-13(19-14)18-10-3-4-11-12(8-10)20-9-17-11/h3-5,7-9H,2,6H2,1H3,(H2,15,16,18,19). The van der Waals surface area contributed by atoms with Crippen molar-refractivity contribution in [2.45, 2.75) is 13.3 Å². The molecule has 0 unspecified atom stereocenters. The van der Waals surface area contributed by atoms with Crippen LogP contribution in [0.4, 0.5) is 17.5 Å². The van der Waals surface area contributed by atoms with Gasteiger partial charge in [0, 0.05) is 18.4 Å². The molecule has 0 spiro atoms. The van der Waals surface area contributed by atoms with Gasteiger partial charge in [-0.1, -0.05) is 6.92 Å². The minimum Gasteiger partial charge on any atom is -0.354 e. The molecule has 2 heterocycles. The summed E-state index contributed by atoms with van der Waals surface area (Å²) in [6, 6.07) is 7.94. The Bertz CT molecular complexity index is 709. The second-order valence-electron chi connectivity index (χ2n) is 4.35. The first-order valence-electron chi connectivity index (χ1n) is 6.52. The molecule has 2 N–H and O–H groups in total. The second kappa shape index (κ2) is 5.83. The molecule has 3 aromatic rings. The van der Waals surface area contributed by atoms with Gasteiger partial charge in [-0.25, -0.2) is 9.97 Å². The van der Waals surface area contributed by atoms with Crippen LogP contribution in [0.25, 0.3) is 10.2 Å². The number of rotatable bonds is 5. The Morgan fingerprint density at radius 3 is 3.05 bits per heavy atom. The van der Waals surface area contributed by atoms with Crippen molar-refractivity contribution in [2.24, 2.45) is 0 Å². The van der Waals surface area contributed by atoms with E-state index in [2.05, 4.69) is 38.6 Å². The van der Waals surface area contributed by atoms with Gasteiger partial charge in [-0.15, -0.1) is 11.3 Å². The van der Waals surface area contributed by atoms with Crippen LogP contribution in [-0.4, -0.2) is 21.5 Å².